The average Bonchev–Trinajstić information content (AvgIpc) is 2.86. The van der Waals surface area contributed by atoms with Crippen molar-refractivity contribution >= 4 is 33.9 Å². The molecule has 0 radical (unpaired) electrons. The maximum Gasteiger partial charge on any atom is 0.332 e. The van der Waals surface area contributed by atoms with Crippen LogP contribution in [0.4, 0.5) is 10.5 Å². The maximum atomic E-state index is 10.7. The minimum absolute atomic E-state index is 0.0235. The van der Waals surface area contributed by atoms with Crippen LogP contribution in [0.1, 0.15) is 5.76 Å². The number of nitrogens with zero attached hydrogens (tertiary/aromatic N) is 2. The van der Waals surface area contributed by atoms with Gasteiger partial charge >= 0.3 is 6.03 Å². The van der Waals surface area contributed by atoms with Gasteiger partial charge in [-0.3, -0.25) is 10.1 Å². The van der Waals surface area contributed by atoms with Crippen molar-refractivity contribution in [2.45, 2.75) is 0 Å². The topological polar surface area (TPSA) is 124 Å². The van der Waals surface area contributed by atoms with Crippen LogP contribution in [0.15, 0.2) is 44.3 Å². The molecule has 8 nitrogen and oxygen atoms in total. The first-order chi connectivity index (χ1) is 9.97. The number of hydrazone groups is 1. The number of nitrogens with two attached hydrogens (primary N) is 1. The van der Waals surface area contributed by atoms with Crippen molar-refractivity contribution in [1.29, 1.82) is 0 Å². The van der Waals surface area contributed by atoms with E-state index < -0.39 is 11.0 Å². The van der Waals surface area contributed by atoms with Crippen LogP contribution in [0.2, 0.25) is 0 Å². The lowest BCUT2D eigenvalue weighted by Crippen LogP contribution is -2.24. The van der Waals surface area contributed by atoms with Crippen molar-refractivity contribution in [2.24, 2.45) is 10.8 Å². The molecule has 9 heteroatoms. The number of carbonyl (C=O) groups is 1. The monoisotopic (exact) mass is 352 g/mol. The zero-order valence-electron chi connectivity index (χ0n) is 10.4. The molecule has 1 aromatic heterocycles. The van der Waals surface area contributed by atoms with Gasteiger partial charge in [0.2, 0.25) is 0 Å². The van der Waals surface area contributed by atoms with Gasteiger partial charge < -0.3 is 10.2 Å². The number of carbonyl (C=O) groups excluding carboxylic acids is 1. The Morgan fingerprint density at radius 3 is 2.81 bits per heavy atom. The number of hydrogen-bond acceptors (Lipinski definition) is 5. The molecule has 0 aliphatic carbocycles. The summed E-state index contributed by atoms with van der Waals surface area (Å²) in [5.74, 6) is 0.890. The van der Waals surface area contributed by atoms with Crippen molar-refractivity contribution in [3.63, 3.8) is 0 Å². The molecule has 0 bridgehead atoms. The number of furan rings is 1. The Labute approximate surface area is 126 Å². The van der Waals surface area contributed by atoms with Crippen molar-refractivity contribution < 1.29 is 14.1 Å². The van der Waals surface area contributed by atoms with Gasteiger partial charge in [-0.25, -0.2) is 10.2 Å². The van der Waals surface area contributed by atoms with E-state index in [2.05, 4.69) is 21.0 Å². The number of hydrogen-bond donors (Lipinski definition) is 2. The molecular formula is C12H9BrN4O4. The number of non-ortho nitro benzene ring substituents is 1. The summed E-state index contributed by atoms with van der Waals surface area (Å²) >= 11 is 3.26. The molecule has 1 aromatic carbocycles. The molecule has 0 unspecified atom stereocenters. The van der Waals surface area contributed by atoms with Crippen LogP contribution in [0.3, 0.4) is 0 Å². The highest BCUT2D eigenvalue weighted by Crippen LogP contribution is 2.32. The average molecular weight is 353 g/mol. The van der Waals surface area contributed by atoms with E-state index in [0.29, 0.717) is 21.6 Å². The Kier molecular flexibility index (Phi) is 4.33. The molecule has 0 atom stereocenters. The Morgan fingerprint density at radius 2 is 2.19 bits per heavy atom. The molecule has 0 aliphatic heterocycles. The highest BCUT2D eigenvalue weighted by atomic mass is 79.9. The molecule has 0 fully saturated rings. The molecule has 0 saturated heterocycles. The van der Waals surface area contributed by atoms with Gasteiger partial charge in [-0.05, 0) is 34.1 Å². The van der Waals surface area contributed by atoms with Crippen LogP contribution >= 0.6 is 15.9 Å². The molecule has 1 heterocycles. The third-order valence-corrected chi connectivity index (χ3v) is 3.08. The quantitative estimate of drug-likeness (QED) is 0.498. The first kappa shape index (κ1) is 14.7. The van der Waals surface area contributed by atoms with Gasteiger partial charge in [0, 0.05) is 22.2 Å². The van der Waals surface area contributed by atoms with E-state index >= 15 is 0 Å². The Bertz CT molecular complexity index is 726. The minimum atomic E-state index is -0.781. The lowest BCUT2D eigenvalue weighted by atomic mass is 10.1. The van der Waals surface area contributed by atoms with Crippen molar-refractivity contribution in [3.05, 3.63) is 50.7 Å². The van der Waals surface area contributed by atoms with Gasteiger partial charge in [0.05, 0.1) is 11.1 Å². The summed E-state index contributed by atoms with van der Waals surface area (Å²) in [6.07, 6.45) is 1.29. The summed E-state index contributed by atoms with van der Waals surface area (Å²) in [4.78, 5) is 20.6. The number of urea groups is 1. The number of rotatable bonds is 4. The number of primary amides is 1. The molecule has 0 aliphatic rings. The van der Waals surface area contributed by atoms with Gasteiger partial charge in [0.1, 0.15) is 11.5 Å². The predicted molar refractivity (Wildman–Crippen MR) is 78.8 cm³/mol. The van der Waals surface area contributed by atoms with Crippen molar-refractivity contribution in [2.75, 3.05) is 0 Å². The molecule has 108 valence electrons. The molecule has 21 heavy (non-hydrogen) atoms. The number of nitrogens with one attached hydrogen (secondary N) is 1. The fourth-order valence-corrected chi connectivity index (χ4v) is 2.11. The summed E-state index contributed by atoms with van der Waals surface area (Å²) in [6.45, 7) is 0. The Morgan fingerprint density at radius 1 is 1.43 bits per heavy atom. The van der Waals surface area contributed by atoms with Crippen LogP contribution in [0, 0.1) is 10.1 Å². The number of nitro groups is 1. The zero-order valence-corrected chi connectivity index (χ0v) is 12.0. The molecule has 2 rings (SSSR count). The van der Waals surface area contributed by atoms with E-state index in [0.717, 1.165) is 0 Å². The van der Waals surface area contributed by atoms with Crippen molar-refractivity contribution in [3.8, 4) is 11.3 Å². The zero-order chi connectivity index (χ0) is 15.4. The van der Waals surface area contributed by atoms with E-state index in [4.69, 9.17) is 10.2 Å². The van der Waals surface area contributed by atoms with E-state index in [1.807, 2.05) is 5.43 Å². The molecule has 3 N–H and O–H groups in total. The second-order valence-electron chi connectivity index (χ2n) is 3.86. The molecule has 0 spiro atoms. The second kappa shape index (κ2) is 6.18. The van der Waals surface area contributed by atoms with Crippen molar-refractivity contribution in [1.82, 2.24) is 5.43 Å². The summed E-state index contributed by atoms with van der Waals surface area (Å²) in [6, 6.07) is 6.87. The fraction of sp³-hybridized carbons (Fsp3) is 0. The van der Waals surface area contributed by atoms with Gasteiger partial charge in [-0.2, -0.15) is 5.10 Å². The van der Waals surface area contributed by atoms with Crippen LogP contribution in [0.25, 0.3) is 11.3 Å². The maximum absolute atomic E-state index is 10.7. The SMILES string of the molecule is NC(=O)NN=Cc1ccc(-c2ccc([N+](=O)[O-])cc2Br)o1. The summed E-state index contributed by atoms with van der Waals surface area (Å²) in [7, 11) is 0. The minimum Gasteiger partial charge on any atom is -0.455 e. The number of nitro benzene ring substituents is 1. The largest absolute Gasteiger partial charge is 0.455 e. The molecule has 2 amide bonds. The van der Waals surface area contributed by atoms with Crippen LogP contribution in [-0.2, 0) is 0 Å². The summed E-state index contributed by atoms with van der Waals surface area (Å²) < 4.78 is 6.02. The van der Waals surface area contributed by atoms with Crippen LogP contribution in [0.5, 0.6) is 0 Å². The third kappa shape index (κ3) is 3.66. The standard InChI is InChI=1S/C12H9BrN4O4/c13-10-5-7(17(19)20)1-3-9(10)11-4-2-8(21-11)6-15-16-12(14)18/h1-6H,(H3,14,16,18). The number of benzene rings is 1. The Hall–Kier alpha value is -2.68. The van der Waals surface area contributed by atoms with E-state index in [1.54, 1.807) is 18.2 Å². The molecule has 2 aromatic rings. The van der Waals surface area contributed by atoms with Crippen LogP contribution < -0.4 is 11.2 Å². The lowest BCUT2D eigenvalue weighted by molar-refractivity contribution is -0.384. The molecule has 0 saturated carbocycles. The van der Waals surface area contributed by atoms with E-state index in [-0.39, 0.29) is 5.69 Å². The smallest absolute Gasteiger partial charge is 0.332 e. The van der Waals surface area contributed by atoms with E-state index in [9.17, 15) is 14.9 Å². The summed E-state index contributed by atoms with van der Waals surface area (Å²) in [5.41, 5.74) is 7.53. The number of halogens is 1. The highest BCUT2D eigenvalue weighted by Gasteiger charge is 2.12. The normalized spacial score (nSPS) is 10.7. The van der Waals surface area contributed by atoms with Gasteiger partial charge in [0.15, 0.2) is 0 Å². The first-order valence-corrected chi connectivity index (χ1v) is 6.39. The predicted octanol–water partition coefficient (Wildman–Crippen LogP) is 2.62. The third-order valence-electron chi connectivity index (χ3n) is 2.42. The van der Waals surface area contributed by atoms with Gasteiger partial charge in [-0.1, -0.05) is 0 Å². The first-order valence-electron chi connectivity index (χ1n) is 5.60. The summed E-state index contributed by atoms with van der Waals surface area (Å²) in [5, 5.41) is 14.2. The van der Waals surface area contributed by atoms with E-state index in [1.165, 1.54) is 18.3 Å². The van der Waals surface area contributed by atoms with Gasteiger partial charge in [0.25, 0.3) is 5.69 Å². The fourth-order valence-electron chi connectivity index (χ4n) is 1.54. The number of amides is 2. The van der Waals surface area contributed by atoms with Gasteiger partial charge in [-0.15, -0.1) is 0 Å². The lowest BCUT2D eigenvalue weighted by Gasteiger charge is -2.00. The second-order valence-corrected chi connectivity index (χ2v) is 4.71. The van der Waals surface area contributed by atoms with Crippen LogP contribution in [-0.4, -0.2) is 17.2 Å². The molecular weight excluding hydrogens is 344 g/mol. The highest BCUT2D eigenvalue weighted by molar-refractivity contribution is 9.10. The Balaban J connectivity index is 2.23.